The summed E-state index contributed by atoms with van der Waals surface area (Å²) >= 11 is 0. The smallest absolute Gasteiger partial charge is 0.253 e. The van der Waals surface area contributed by atoms with Gasteiger partial charge in [0, 0.05) is 0 Å². The molecule has 0 radical (unpaired) electrons. The quantitative estimate of drug-likeness (QED) is 0.704. The van der Waals surface area contributed by atoms with Crippen molar-refractivity contribution in [3.8, 4) is 0 Å². The molecule has 0 amide bonds. The maximum Gasteiger partial charge on any atom is 0.253 e. The van der Waals surface area contributed by atoms with Gasteiger partial charge in [-0.05, 0) is 12.3 Å². The summed E-state index contributed by atoms with van der Waals surface area (Å²) in [6.07, 6.45) is 4.02. The minimum atomic E-state index is -2.34. The van der Waals surface area contributed by atoms with E-state index in [1.165, 1.54) is 19.3 Å². The van der Waals surface area contributed by atoms with Gasteiger partial charge in [-0.3, -0.25) is 0 Å². The van der Waals surface area contributed by atoms with Crippen LogP contribution in [0.5, 0.6) is 0 Å². The summed E-state index contributed by atoms with van der Waals surface area (Å²) in [5.74, 6) is 0.461. The number of hydrogen-bond acceptors (Lipinski definition) is 1. The van der Waals surface area contributed by atoms with Gasteiger partial charge in [0.1, 0.15) is 0 Å². The van der Waals surface area contributed by atoms with Gasteiger partial charge in [0.05, 0.1) is 6.04 Å². The summed E-state index contributed by atoms with van der Waals surface area (Å²) in [6.45, 7) is 0. The Morgan fingerprint density at radius 3 is 2.25 bits per heavy atom. The average Bonchev–Trinajstić information content (AvgIpc) is 2.06. The molecule has 1 aliphatic rings. The number of nitrogens with two attached hydrogens (primary N) is 1. The van der Waals surface area contributed by atoms with Gasteiger partial charge in [-0.1, -0.05) is 32.1 Å². The van der Waals surface area contributed by atoms with Gasteiger partial charge >= 0.3 is 0 Å². The van der Waals surface area contributed by atoms with Gasteiger partial charge in [-0.15, -0.1) is 0 Å². The fourth-order valence-corrected chi connectivity index (χ4v) is 1.91. The first-order chi connectivity index (χ1) is 5.70. The maximum atomic E-state index is 12.1. The van der Waals surface area contributed by atoms with Gasteiger partial charge in [-0.2, -0.15) is 0 Å². The zero-order valence-corrected chi connectivity index (χ0v) is 7.31. The molecule has 1 aliphatic carbocycles. The van der Waals surface area contributed by atoms with Crippen molar-refractivity contribution in [2.75, 3.05) is 0 Å². The molecule has 0 bridgehead atoms. The molecule has 0 aromatic heterocycles. The van der Waals surface area contributed by atoms with Crippen molar-refractivity contribution in [2.24, 2.45) is 11.7 Å². The van der Waals surface area contributed by atoms with Crippen LogP contribution in [0.4, 0.5) is 8.78 Å². The summed E-state index contributed by atoms with van der Waals surface area (Å²) in [4.78, 5) is 0. The molecule has 0 heterocycles. The molecule has 1 rings (SSSR count). The Kier molecular flexibility index (Phi) is 3.92. The summed E-state index contributed by atoms with van der Waals surface area (Å²) < 4.78 is 24.1. The van der Waals surface area contributed by atoms with E-state index in [4.69, 9.17) is 5.73 Å². The predicted octanol–water partition coefficient (Wildman–Crippen LogP) is 2.55. The molecule has 3 heteroatoms. The number of alkyl halides is 2. The van der Waals surface area contributed by atoms with Crippen LogP contribution >= 0.6 is 0 Å². The highest BCUT2D eigenvalue weighted by Gasteiger charge is 2.21. The second-order valence-corrected chi connectivity index (χ2v) is 3.74. The first-order valence-electron chi connectivity index (χ1n) is 4.74. The molecule has 1 fully saturated rings. The molecule has 0 aliphatic heterocycles. The van der Waals surface area contributed by atoms with Crippen molar-refractivity contribution >= 4 is 0 Å². The molecule has 72 valence electrons. The van der Waals surface area contributed by atoms with Crippen molar-refractivity contribution in [1.82, 2.24) is 0 Å². The topological polar surface area (TPSA) is 26.0 Å². The van der Waals surface area contributed by atoms with Crippen LogP contribution in [-0.4, -0.2) is 12.5 Å². The average molecular weight is 177 g/mol. The van der Waals surface area contributed by atoms with Crippen LogP contribution in [0.3, 0.4) is 0 Å². The van der Waals surface area contributed by atoms with Crippen molar-refractivity contribution in [1.29, 1.82) is 0 Å². The molecule has 1 unspecified atom stereocenters. The number of hydrogen-bond donors (Lipinski definition) is 1. The molecule has 1 nitrogen and oxygen atoms in total. The van der Waals surface area contributed by atoms with E-state index in [2.05, 4.69) is 0 Å². The zero-order chi connectivity index (χ0) is 8.97. The van der Waals surface area contributed by atoms with Crippen LogP contribution < -0.4 is 5.73 Å². The molecule has 2 N–H and O–H groups in total. The van der Waals surface area contributed by atoms with Crippen LogP contribution in [0.2, 0.25) is 0 Å². The second-order valence-electron chi connectivity index (χ2n) is 3.74. The summed E-state index contributed by atoms with van der Waals surface area (Å²) in [5, 5.41) is 0. The molecule has 12 heavy (non-hydrogen) atoms. The van der Waals surface area contributed by atoms with Crippen molar-refractivity contribution in [3.05, 3.63) is 0 Å². The van der Waals surface area contributed by atoms with Gasteiger partial charge in [-0.25, -0.2) is 8.78 Å². The van der Waals surface area contributed by atoms with E-state index in [1.54, 1.807) is 0 Å². The highest BCUT2D eigenvalue weighted by Crippen LogP contribution is 2.27. The number of rotatable bonds is 3. The number of halogens is 2. The molecule has 1 saturated carbocycles. The van der Waals surface area contributed by atoms with E-state index in [1.807, 2.05) is 0 Å². The van der Waals surface area contributed by atoms with E-state index in [-0.39, 0.29) is 0 Å². The minimum absolute atomic E-state index is 0.461. The van der Waals surface area contributed by atoms with Gasteiger partial charge in [0.2, 0.25) is 0 Å². The van der Waals surface area contributed by atoms with E-state index in [0.717, 1.165) is 12.8 Å². The third-order valence-electron chi connectivity index (χ3n) is 2.65. The van der Waals surface area contributed by atoms with E-state index >= 15 is 0 Å². The monoisotopic (exact) mass is 177 g/mol. The van der Waals surface area contributed by atoms with Crippen LogP contribution in [0.25, 0.3) is 0 Å². The fourth-order valence-electron chi connectivity index (χ4n) is 1.91. The van der Waals surface area contributed by atoms with Crippen molar-refractivity contribution in [3.63, 3.8) is 0 Å². The Morgan fingerprint density at radius 2 is 1.75 bits per heavy atom. The van der Waals surface area contributed by atoms with Gasteiger partial charge < -0.3 is 5.73 Å². The molecule has 0 aromatic carbocycles. The Balaban J connectivity index is 2.20. The molecule has 0 aromatic rings. The minimum Gasteiger partial charge on any atom is -0.323 e. The Bertz CT molecular complexity index is 122. The predicted molar refractivity (Wildman–Crippen MR) is 45.2 cm³/mol. The van der Waals surface area contributed by atoms with E-state index < -0.39 is 12.5 Å². The standard InChI is InChI=1S/C9H17F2N/c10-9(11)8(12)6-7-4-2-1-3-5-7/h7-9H,1-6,12H2. The Morgan fingerprint density at radius 1 is 1.17 bits per heavy atom. The SMILES string of the molecule is NC(CC1CCCCC1)C(F)F. The highest BCUT2D eigenvalue weighted by atomic mass is 19.3. The molecular formula is C9H17F2N. The van der Waals surface area contributed by atoms with Crippen LogP contribution in [0, 0.1) is 5.92 Å². The lowest BCUT2D eigenvalue weighted by atomic mass is 9.85. The van der Waals surface area contributed by atoms with Gasteiger partial charge in [0.25, 0.3) is 6.43 Å². The second kappa shape index (κ2) is 4.75. The summed E-state index contributed by atoms with van der Waals surface area (Å²) in [6, 6.07) is -0.895. The first kappa shape index (κ1) is 9.90. The molecule has 0 spiro atoms. The highest BCUT2D eigenvalue weighted by molar-refractivity contribution is 4.73. The largest absolute Gasteiger partial charge is 0.323 e. The third-order valence-corrected chi connectivity index (χ3v) is 2.65. The lowest BCUT2D eigenvalue weighted by Gasteiger charge is -2.23. The fraction of sp³-hybridized carbons (Fsp3) is 1.00. The maximum absolute atomic E-state index is 12.1. The molecule has 0 saturated heterocycles. The van der Waals surface area contributed by atoms with Crippen LogP contribution in [-0.2, 0) is 0 Å². The van der Waals surface area contributed by atoms with E-state index in [9.17, 15) is 8.78 Å². The van der Waals surface area contributed by atoms with Crippen LogP contribution in [0.15, 0.2) is 0 Å². The Labute approximate surface area is 72.3 Å². The van der Waals surface area contributed by atoms with E-state index in [0.29, 0.717) is 12.3 Å². The lowest BCUT2D eigenvalue weighted by molar-refractivity contribution is 0.0995. The summed E-state index contributed by atoms with van der Waals surface area (Å²) in [5.41, 5.74) is 5.30. The lowest BCUT2D eigenvalue weighted by Crippen LogP contribution is -2.31. The third kappa shape index (κ3) is 3.05. The normalized spacial score (nSPS) is 23.0. The summed E-state index contributed by atoms with van der Waals surface area (Å²) in [7, 11) is 0. The molecule has 1 atom stereocenters. The zero-order valence-electron chi connectivity index (χ0n) is 7.31. The molecular weight excluding hydrogens is 160 g/mol. The van der Waals surface area contributed by atoms with Crippen molar-refractivity contribution < 1.29 is 8.78 Å². The van der Waals surface area contributed by atoms with Gasteiger partial charge in [0.15, 0.2) is 0 Å². The Hall–Kier alpha value is -0.180. The van der Waals surface area contributed by atoms with Crippen LogP contribution in [0.1, 0.15) is 38.5 Å². The van der Waals surface area contributed by atoms with Crippen molar-refractivity contribution in [2.45, 2.75) is 51.0 Å². The first-order valence-corrected chi connectivity index (χ1v) is 4.74.